The Hall–Kier alpha value is -0.240. The van der Waals surface area contributed by atoms with Crippen molar-refractivity contribution in [2.45, 2.75) is 36.8 Å². The normalized spacial score (nSPS) is 43.9. The van der Waals surface area contributed by atoms with Gasteiger partial charge < -0.3 is 30.8 Å². The molecule has 0 aromatic rings. The average Bonchev–Trinajstić information content (AvgIpc) is 2.19. The molecular formula is C8H17NO5. The van der Waals surface area contributed by atoms with Crippen molar-refractivity contribution >= 4 is 0 Å². The van der Waals surface area contributed by atoms with E-state index in [1.807, 2.05) is 0 Å². The largest absolute Gasteiger partial charge is 0.396 e. The molecule has 6 nitrogen and oxygen atoms in total. The average molecular weight is 207 g/mol. The molecule has 0 aromatic carbocycles. The van der Waals surface area contributed by atoms with E-state index in [1.54, 1.807) is 0 Å². The maximum atomic E-state index is 9.49. The van der Waals surface area contributed by atoms with E-state index < -0.39 is 30.4 Å². The van der Waals surface area contributed by atoms with E-state index in [2.05, 4.69) is 5.32 Å². The van der Waals surface area contributed by atoms with Gasteiger partial charge in [-0.15, -0.1) is 0 Å². The van der Waals surface area contributed by atoms with E-state index in [4.69, 9.17) is 10.2 Å². The number of aliphatic hydroxyl groups excluding tert-OH is 5. The first-order chi connectivity index (χ1) is 6.61. The van der Waals surface area contributed by atoms with Crippen LogP contribution in [0.3, 0.4) is 0 Å². The minimum Gasteiger partial charge on any atom is -0.396 e. The first-order valence-electron chi connectivity index (χ1n) is 4.63. The molecule has 0 radical (unpaired) electrons. The number of piperidine rings is 1. The second-order valence-electron chi connectivity index (χ2n) is 3.55. The van der Waals surface area contributed by atoms with Crippen molar-refractivity contribution in [1.82, 2.24) is 5.32 Å². The maximum absolute atomic E-state index is 9.49. The van der Waals surface area contributed by atoms with Crippen molar-refractivity contribution in [2.24, 2.45) is 0 Å². The van der Waals surface area contributed by atoms with Gasteiger partial charge in [0.15, 0.2) is 0 Å². The summed E-state index contributed by atoms with van der Waals surface area (Å²) in [6.07, 6.45) is -3.34. The van der Waals surface area contributed by atoms with Gasteiger partial charge in [-0.05, 0) is 6.42 Å². The molecule has 14 heavy (non-hydrogen) atoms. The van der Waals surface area contributed by atoms with Gasteiger partial charge in [-0.3, -0.25) is 0 Å². The van der Waals surface area contributed by atoms with Gasteiger partial charge in [0.05, 0.1) is 24.9 Å². The summed E-state index contributed by atoms with van der Waals surface area (Å²) in [5.74, 6) is 0. The van der Waals surface area contributed by atoms with Crippen LogP contribution >= 0.6 is 0 Å². The highest BCUT2D eigenvalue weighted by Crippen LogP contribution is 2.17. The molecule has 0 amide bonds. The minimum atomic E-state index is -1.29. The van der Waals surface area contributed by atoms with Gasteiger partial charge in [-0.1, -0.05) is 0 Å². The predicted octanol–water partition coefficient (Wildman–Crippen LogP) is -3.22. The Balaban J connectivity index is 2.63. The van der Waals surface area contributed by atoms with Crippen LogP contribution in [-0.2, 0) is 0 Å². The van der Waals surface area contributed by atoms with Crippen LogP contribution in [-0.4, -0.2) is 69.1 Å². The molecule has 0 bridgehead atoms. The summed E-state index contributed by atoms with van der Waals surface area (Å²) in [7, 11) is 0. The highest BCUT2D eigenvalue weighted by Gasteiger charge is 2.41. The fourth-order valence-corrected chi connectivity index (χ4v) is 1.70. The second-order valence-corrected chi connectivity index (χ2v) is 3.55. The first kappa shape index (κ1) is 11.8. The molecule has 1 aliphatic heterocycles. The molecule has 0 aromatic heterocycles. The molecule has 0 unspecified atom stereocenters. The van der Waals surface area contributed by atoms with Crippen LogP contribution in [0.2, 0.25) is 0 Å². The second kappa shape index (κ2) is 5.01. The van der Waals surface area contributed by atoms with E-state index in [9.17, 15) is 15.3 Å². The SMILES string of the molecule is OCC[C@H]1N[C@H](CO)[C@@H](O)[C@@H](O)[C@@H]1O. The van der Waals surface area contributed by atoms with Gasteiger partial charge in [0.25, 0.3) is 0 Å². The lowest BCUT2D eigenvalue weighted by molar-refractivity contribution is -0.121. The third kappa shape index (κ3) is 2.22. The molecule has 6 heteroatoms. The van der Waals surface area contributed by atoms with Crippen LogP contribution < -0.4 is 5.32 Å². The summed E-state index contributed by atoms with van der Waals surface area (Å²) >= 11 is 0. The molecule has 1 fully saturated rings. The fourth-order valence-electron chi connectivity index (χ4n) is 1.70. The van der Waals surface area contributed by atoms with Crippen molar-refractivity contribution in [2.75, 3.05) is 13.2 Å². The van der Waals surface area contributed by atoms with Gasteiger partial charge in [-0.25, -0.2) is 0 Å². The quantitative estimate of drug-likeness (QED) is 0.290. The predicted molar refractivity (Wildman–Crippen MR) is 47.5 cm³/mol. The Morgan fingerprint density at radius 2 is 1.43 bits per heavy atom. The van der Waals surface area contributed by atoms with Crippen molar-refractivity contribution < 1.29 is 25.5 Å². The van der Waals surface area contributed by atoms with Gasteiger partial charge in [0, 0.05) is 12.6 Å². The third-order valence-corrected chi connectivity index (χ3v) is 2.59. The zero-order chi connectivity index (χ0) is 10.7. The lowest BCUT2D eigenvalue weighted by Gasteiger charge is -2.40. The molecule has 0 spiro atoms. The highest BCUT2D eigenvalue weighted by atomic mass is 16.4. The number of hydrogen-bond donors (Lipinski definition) is 6. The summed E-state index contributed by atoms with van der Waals surface area (Å²) in [4.78, 5) is 0. The van der Waals surface area contributed by atoms with Crippen molar-refractivity contribution in [3.63, 3.8) is 0 Å². The van der Waals surface area contributed by atoms with Gasteiger partial charge in [0.2, 0.25) is 0 Å². The molecule has 0 aliphatic carbocycles. The summed E-state index contributed by atoms with van der Waals surface area (Å²) < 4.78 is 0. The smallest absolute Gasteiger partial charge is 0.109 e. The Kier molecular flexibility index (Phi) is 4.24. The van der Waals surface area contributed by atoms with Gasteiger partial charge in [0.1, 0.15) is 6.10 Å². The minimum absolute atomic E-state index is 0.129. The van der Waals surface area contributed by atoms with Crippen LogP contribution in [0, 0.1) is 0 Å². The fraction of sp³-hybridized carbons (Fsp3) is 1.00. The number of hydrogen-bond acceptors (Lipinski definition) is 6. The summed E-state index contributed by atoms with van der Waals surface area (Å²) in [5, 5.41) is 48.6. The Morgan fingerprint density at radius 3 is 1.93 bits per heavy atom. The van der Waals surface area contributed by atoms with Crippen molar-refractivity contribution in [3.05, 3.63) is 0 Å². The lowest BCUT2D eigenvalue weighted by atomic mass is 9.89. The van der Waals surface area contributed by atoms with Crippen LogP contribution in [0.25, 0.3) is 0 Å². The summed E-state index contributed by atoms with van der Waals surface area (Å²) in [6, 6.07) is -1.17. The highest BCUT2D eigenvalue weighted by molar-refractivity contribution is 4.97. The molecule has 84 valence electrons. The molecule has 6 N–H and O–H groups in total. The monoisotopic (exact) mass is 207 g/mol. The maximum Gasteiger partial charge on any atom is 0.109 e. The molecule has 5 atom stereocenters. The molecule has 1 aliphatic rings. The van der Waals surface area contributed by atoms with Crippen LogP contribution in [0.1, 0.15) is 6.42 Å². The lowest BCUT2D eigenvalue weighted by Crippen LogP contribution is -2.65. The van der Waals surface area contributed by atoms with E-state index in [-0.39, 0.29) is 19.6 Å². The first-order valence-corrected chi connectivity index (χ1v) is 4.63. The van der Waals surface area contributed by atoms with E-state index in [0.717, 1.165) is 0 Å². The Labute approximate surface area is 81.8 Å². The van der Waals surface area contributed by atoms with E-state index >= 15 is 0 Å². The van der Waals surface area contributed by atoms with E-state index in [1.165, 1.54) is 0 Å². The topological polar surface area (TPSA) is 113 Å². The van der Waals surface area contributed by atoms with Crippen molar-refractivity contribution in [3.8, 4) is 0 Å². The summed E-state index contributed by atoms with van der Waals surface area (Å²) in [5.41, 5.74) is 0. The van der Waals surface area contributed by atoms with Crippen LogP contribution in [0.15, 0.2) is 0 Å². The number of aliphatic hydroxyl groups is 5. The van der Waals surface area contributed by atoms with Crippen LogP contribution in [0.5, 0.6) is 0 Å². The molecule has 0 saturated carbocycles. The third-order valence-electron chi connectivity index (χ3n) is 2.59. The summed E-state index contributed by atoms with van der Waals surface area (Å²) in [6.45, 7) is -0.456. The van der Waals surface area contributed by atoms with Crippen molar-refractivity contribution in [1.29, 1.82) is 0 Å². The standard InChI is InChI=1S/C8H17NO5/c10-2-1-4-6(12)8(14)7(13)5(3-11)9-4/h4-14H,1-3H2/t4-,5-,6-,7-,8+/m1/s1. The molecular weight excluding hydrogens is 190 g/mol. The van der Waals surface area contributed by atoms with Gasteiger partial charge >= 0.3 is 0 Å². The van der Waals surface area contributed by atoms with Crippen LogP contribution in [0.4, 0.5) is 0 Å². The number of nitrogens with one attached hydrogen (secondary N) is 1. The van der Waals surface area contributed by atoms with E-state index in [0.29, 0.717) is 0 Å². The Bertz CT molecular complexity index is 175. The number of rotatable bonds is 3. The zero-order valence-electron chi connectivity index (χ0n) is 7.74. The molecule has 1 saturated heterocycles. The Morgan fingerprint density at radius 1 is 0.857 bits per heavy atom. The molecule has 1 heterocycles. The van der Waals surface area contributed by atoms with Gasteiger partial charge in [-0.2, -0.15) is 0 Å². The molecule has 1 rings (SSSR count). The zero-order valence-corrected chi connectivity index (χ0v) is 7.74.